The number of hydrogen-bond acceptors (Lipinski definition) is 10. The van der Waals surface area contributed by atoms with Crippen molar-refractivity contribution >= 4 is 40.6 Å². The fourth-order valence-corrected chi connectivity index (χ4v) is 5.22. The van der Waals surface area contributed by atoms with Crippen molar-refractivity contribution in [2.45, 2.75) is 63.6 Å². The van der Waals surface area contributed by atoms with Crippen LogP contribution in [0.3, 0.4) is 0 Å². The number of nitrogens with one attached hydrogen (secondary N) is 1. The molecule has 192 valence electrons. The molecular formula is C23H29N7O5S. The molecule has 12 nitrogen and oxygen atoms in total. The van der Waals surface area contributed by atoms with Gasteiger partial charge in [-0.2, -0.15) is 0 Å². The molecule has 3 amide bonds. The van der Waals surface area contributed by atoms with E-state index in [1.165, 1.54) is 24.2 Å². The Hall–Kier alpha value is -3.16. The molecule has 0 radical (unpaired) electrons. The van der Waals surface area contributed by atoms with Gasteiger partial charge in [0.25, 0.3) is 11.8 Å². The molecule has 13 heteroatoms. The van der Waals surface area contributed by atoms with Crippen LogP contribution in [0.15, 0.2) is 11.7 Å². The van der Waals surface area contributed by atoms with E-state index in [4.69, 9.17) is 5.84 Å². The van der Waals surface area contributed by atoms with E-state index in [9.17, 15) is 24.3 Å². The Morgan fingerprint density at radius 3 is 2.50 bits per heavy atom. The van der Waals surface area contributed by atoms with Crippen molar-refractivity contribution in [3.63, 3.8) is 0 Å². The third-order valence-electron chi connectivity index (χ3n) is 6.83. The molecule has 0 aromatic carbocycles. The van der Waals surface area contributed by atoms with Gasteiger partial charge in [0.2, 0.25) is 0 Å². The van der Waals surface area contributed by atoms with E-state index in [0.29, 0.717) is 24.7 Å². The number of aldehydes is 1. The number of hydrazine groups is 1. The lowest BCUT2D eigenvalue weighted by Crippen LogP contribution is -2.48. The summed E-state index contributed by atoms with van der Waals surface area (Å²) in [5.41, 5.74) is 1.53. The minimum Gasteiger partial charge on any atom is -0.390 e. The topological polar surface area (TPSA) is 164 Å². The Labute approximate surface area is 211 Å². The summed E-state index contributed by atoms with van der Waals surface area (Å²) in [5.74, 6) is 4.47. The lowest BCUT2D eigenvalue weighted by Gasteiger charge is -2.26. The van der Waals surface area contributed by atoms with E-state index in [0.717, 1.165) is 53.2 Å². The van der Waals surface area contributed by atoms with Gasteiger partial charge in [0.15, 0.2) is 5.13 Å². The largest absolute Gasteiger partial charge is 0.390 e. The van der Waals surface area contributed by atoms with E-state index < -0.39 is 30.5 Å². The lowest BCUT2D eigenvalue weighted by atomic mass is 10.1. The first-order valence-electron chi connectivity index (χ1n) is 12.2. The Balaban J connectivity index is 1.48. The molecule has 3 fully saturated rings. The van der Waals surface area contributed by atoms with Crippen LogP contribution in [-0.2, 0) is 11.4 Å². The molecular weight excluding hydrogens is 486 g/mol. The molecule has 3 aliphatic carbocycles. The van der Waals surface area contributed by atoms with Crippen molar-refractivity contribution in [2.24, 2.45) is 17.7 Å². The molecule has 0 unspecified atom stereocenters. The van der Waals surface area contributed by atoms with Crippen LogP contribution in [0, 0.1) is 11.8 Å². The normalized spacial score (nSPS) is 17.9. The number of nitrogens with zero attached hydrogens (tertiary/aromatic N) is 5. The minimum absolute atomic E-state index is 0.0623. The van der Waals surface area contributed by atoms with E-state index in [1.807, 2.05) is 5.43 Å². The van der Waals surface area contributed by atoms with Crippen LogP contribution < -0.4 is 16.2 Å². The van der Waals surface area contributed by atoms with Crippen LogP contribution in [-0.4, -0.2) is 67.3 Å². The zero-order valence-electron chi connectivity index (χ0n) is 19.7. The van der Waals surface area contributed by atoms with Gasteiger partial charge in [0.05, 0.1) is 18.3 Å². The van der Waals surface area contributed by atoms with Crippen LogP contribution in [0.1, 0.15) is 71.6 Å². The predicted molar refractivity (Wildman–Crippen MR) is 129 cm³/mol. The molecule has 3 saturated carbocycles. The third kappa shape index (κ3) is 5.04. The number of nitrogens with two attached hydrogens (primary N) is 1. The van der Waals surface area contributed by atoms with Gasteiger partial charge in [-0.05, 0) is 43.9 Å². The second-order valence-electron chi connectivity index (χ2n) is 9.72. The fraction of sp³-hybridized carbons (Fsp3) is 0.565. The summed E-state index contributed by atoms with van der Waals surface area (Å²) in [7, 11) is 0. The average molecular weight is 516 g/mol. The second kappa shape index (κ2) is 10.1. The van der Waals surface area contributed by atoms with Crippen LogP contribution in [0.25, 0.3) is 0 Å². The Morgan fingerprint density at radius 2 is 1.92 bits per heavy atom. The number of aliphatic hydroxyl groups is 1. The molecule has 36 heavy (non-hydrogen) atoms. The van der Waals surface area contributed by atoms with Gasteiger partial charge in [0, 0.05) is 18.0 Å². The van der Waals surface area contributed by atoms with Crippen LogP contribution in [0.5, 0.6) is 0 Å². The first-order valence-corrected chi connectivity index (χ1v) is 13.1. The Bertz CT molecular complexity index is 1170. The van der Waals surface area contributed by atoms with E-state index >= 15 is 0 Å². The number of anilines is 1. The summed E-state index contributed by atoms with van der Waals surface area (Å²) in [6.45, 7) is 0.251. The first kappa shape index (κ1) is 24.5. The van der Waals surface area contributed by atoms with Gasteiger partial charge in [0.1, 0.15) is 24.0 Å². The molecule has 0 bridgehead atoms. The summed E-state index contributed by atoms with van der Waals surface area (Å²) >= 11 is 1.35. The highest BCUT2D eigenvalue weighted by molar-refractivity contribution is 7.14. The molecule has 2 heterocycles. The predicted octanol–water partition coefficient (Wildman–Crippen LogP) is 1.29. The van der Waals surface area contributed by atoms with Gasteiger partial charge >= 0.3 is 6.03 Å². The summed E-state index contributed by atoms with van der Waals surface area (Å²) in [4.78, 5) is 63.5. The van der Waals surface area contributed by atoms with Crippen LogP contribution >= 0.6 is 11.3 Å². The smallest absolute Gasteiger partial charge is 0.341 e. The maximum absolute atomic E-state index is 13.8. The second-order valence-corrected chi connectivity index (χ2v) is 10.6. The van der Waals surface area contributed by atoms with Crippen LogP contribution in [0.2, 0.25) is 0 Å². The van der Waals surface area contributed by atoms with Crippen molar-refractivity contribution in [3.05, 3.63) is 28.8 Å². The number of rotatable bonds is 11. The maximum atomic E-state index is 13.8. The number of imidazole rings is 1. The molecule has 0 spiro atoms. The number of amides is 3. The monoisotopic (exact) mass is 515 g/mol. The number of nitrogen functional groups attached to an aromatic ring is 1. The summed E-state index contributed by atoms with van der Waals surface area (Å²) < 4.78 is 0.824. The summed E-state index contributed by atoms with van der Waals surface area (Å²) in [6.07, 6.45) is 8.32. The SMILES string of the molecule is NNC(=O)n1cnc(CO)c1C(=O)N(C(=O)c1csc(N(CC2CC2)C2CC2)n1)[C@H](C=O)CC1CC1. The molecule has 3 aliphatic rings. The molecule has 4 N–H and O–H groups in total. The van der Waals surface area contributed by atoms with Crippen molar-refractivity contribution in [1.29, 1.82) is 0 Å². The fourth-order valence-electron chi connectivity index (χ4n) is 4.34. The molecule has 2 aromatic heterocycles. The van der Waals surface area contributed by atoms with Gasteiger partial charge in [-0.3, -0.25) is 19.9 Å². The standard InChI is InChI=1S/C23H29N7O5S/c24-27-22(35)29-12-25-17(10-32)19(29)21(34)30(16(9-31)7-13-1-2-13)20(33)18-11-36-23(26-18)28(15-5-6-15)8-14-3-4-14/h9,11-16,32H,1-8,10,24H2,(H,27,35)/t16-/m0/s1. The highest BCUT2D eigenvalue weighted by Crippen LogP contribution is 2.39. The number of imide groups is 1. The zero-order valence-corrected chi connectivity index (χ0v) is 20.5. The van der Waals surface area contributed by atoms with Crippen molar-refractivity contribution in [3.8, 4) is 0 Å². The Morgan fingerprint density at radius 1 is 1.19 bits per heavy atom. The molecule has 2 aromatic rings. The molecule has 5 rings (SSSR count). The van der Waals surface area contributed by atoms with E-state index in [1.54, 1.807) is 5.38 Å². The number of aromatic nitrogens is 3. The number of carbonyl (C=O) groups is 4. The number of aliphatic hydroxyl groups excluding tert-OH is 1. The molecule has 0 saturated heterocycles. The van der Waals surface area contributed by atoms with Gasteiger partial charge in [-0.25, -0.2) is 25.2 Å². The third-order valence-corrected chi connectivity index (χ3v) is 7.71. The summed E-state index contributed by atoms with van der Waals surface area (Å²) in [6, 6.07) is -1.50. The maximum Gasteiger partial charge on any atom is 0.341 e. The number of thiazole rings is 1. The van der Waals surface area contributed by atoms with Crippen molar-refractivity contribution in [1.82, 2.24) is 24.9 Å². The molecule has 0 aliphatic heterocycles. The van der Waals surface area contributed by atoms with E-state index in [2.05, 4.69) is 14.9 Å². The van der Waals surface area contributed by atoms with Gasteiger partial charge < -0.3 is 14.8 Å². The number of carbonyl (C=O) groups excluding carboxylic acids is 4. The quantitative estimate of drug-likeness (QED) is 0.131. The average Bonchev–Trinajstić information content (AvgIpc) is 3.81. The first-order chi connectivity index (χ1) is 17.4. The molecule has 1 atom stereocenters. The zero-order chi connectivity index (χ0) is 25.4. The minimum atomic E-state index is -1.05. The Kier molecular flexibility index (Phi) is 6.86. The van der Waals surface area contributed by atoms with Gasteiger partial charge in [-0.15, -0.1) is 11.3 Å². The number of hydrogen-bond donors (Lipinski definition) is 3. The van der Waals surface area contributed by atoms with E-state index in [-0.39, 0.29) is 23.0 Å². The lowest BCUT2D eigenvalue weighted by molar-refractivity contribution is -0.111. The van der Waals surface area contributed by atoms with Crippen molar-refractivity contribution < 1.29 is 24.3 Å². The highest BCUT2D eigenvalue weighted by Gasteiger charge is 2.40. The van der Waals surface area contributed by atoms with Crippen LogP contribution in [0.4, 0.5) is 9.93 Å². The van der Waals surface area contributed by atoms with Crippen molar-refractivity contribution in [2.75, 3.05) is 11.4 Å². The van der Waals surface area contributed by atoms with Gasteiger partial charge in [-0.1, -0.05) is 12.8 Å². The summed E-state index contributed by atoms with van der Waals surface area (Å²) in [5, 5.41) is 12.1. The highest BCUT2D eigenvalue weighted by atomic mass is 32.1.